The highest BCUT2D eigenvalue weighted by Gasteiger charge is 2.39. The van der Waals surface area contributed by atoms with E-state index in [-0.39, 0.29) is 17.9 Å². The molecule has 0 saturated carbocycles. The molecule has 120 valence electrons. The van der Waals surface area contributed by atoms with Gasteiger partial charge in [0.25, 0.3) is 0 Å². The second kappa shape index (κ2) is 8.11. The molecule has 20 heavy (non-hydrogen) atoms. The summed E-state index contributed by atoms with van der Waals surface area (Å²) in [7, 11) is 0. The molecule has 0 aliphatic carbocycles. The van der Waals surface area contributed by atoms with Crippen LogP contribution in [-0.2, 0) is 4.79 Å². The molecule has 0 fully saturated rings. The van der Waals surface area contributed by atoms with Crippen LogP contribution in [0.3, 0.4) is 0 Å². The Morgan fingerprint density at radius 2 is 1.40 bits per heavy atom. The molecule has 0 spiro atoms. The van der Waals surface area contributed by atoms with Gasteiger partial charge in [-0.1, -0.05) is 27.7 Å². The Labute approximate surface area is 125 Å². The molecule has 0 radical (unpaired) electrons. The number of rotatable bonds is 10. The van der Waals surface area contributed by atoms with Gasteiger partial charge in [-0.05, 0) is 46.5 Å². The predicted molar refractivity (Wildman–Crippen MR) is 86.7 cm³/mol. The minimum Gasteiger partial charge on any atom is -0.313 e. The van der Waals surface area contributed by atoms with E-state index in [2.05, 4.69) is 38.3 Å². The maximum atomic E-state index is 12.9. The Morgan fingerprint density at radius 1 is 0.950 bits per heavy atom. The van der Waals surface area contributed by atoms with Crippen LogP contribution in [0.2, 0.25) is 0 Å². The Bertz CT molecular complexity index is 294. The van der Waals surface area contributed by atoms with Gasteiger partial charge in [-0.2, -0.15) is 0 Å². The number of nitrogens with two attached hydrogens (primary N) is 1. The van der Waals surface area contributed by atoms with Gasteiger partial charge >= 0.3 is 0 Å². The van der Waals surface area contributed by atoms with Gasteiger partial charge in [0.1, 0.15) is 0 Å². The summed E-state index contributed by atoms with van der Waals surface area (Å²) in [5.41, 5.74) is 5.37. The number of carbonyl (C=O) groups is 1. The molecule has 0 bridgehead atoms. The fourth-order valence-corrected chi connectivity index (χ4v) is 2.79. The van der Waals surface area contributed by atoms with Crippen molar-refractivity contribution in [3.05, 3.63) is 0 Å². The fraction of sp³-hybridized carbons (Fsp3) is 0.938. The lowest BCUT2D eigenvalue weighted by molar-refractivity contribution is -0.128. The minimum atomic E-state index is -0.458. The SMILES string of the molecule is CCC(N)(CC)NC(C)C(=O)C(CC)(CC)NC(C)C. The maximum Gasteiger partial charge on any atom is 0.169 e. The molecule has 0 aromatic carbocycles. The Morgan fingerprint density at radius 3 is 1.70 bits per heavy atom. The summed E-state index contributed by atoms with van der Waals surface area (Å²) in [4.78, 5) is 12.9. The molecule has 0 rings (SSSR count). The van der Waals surface area contributed by atoms with Crippen molar-refractivity contribution in [1.82, 2.24) is 10.6 Å². The average Bonchev–Trinajstić information content (AvgIpc) is 2.43. The fourth-order valence-electron chi connectivity index (χ4n) is 2.79. The third-order valence-corrected chi connectivity index (χ3v) is 4.40. The minimum absolute atomic E-state index is 0.216. The van der Waals surface area contributed by atoms with E-state index in [9.17, 15) is 4.79 Å². The van der Waals surface area contributed by atoms with Crippen molar-refractivity contribution in [2.45, 2.75) is 97.4 Å². The smallest absolute Gasteiger partial charge is 0.169 e. The molecule has 0 aromatic rings. The van der Waals surface area contributed by atoms with Crippen LogP contribution in [0.5, 0.6) is 0 Å². The average molecular weight is 285 g/mol. The van der Waals surface area contributed by atoms with Crippen LogP contribution in [0, 0.1) is 0 Å². The number of hydrogen-bond acceptors (Lipinski definition) is 4. The van der Waals surface area contributed by atoms with Crippen LogP contribution < -0.4 is 16.4 Å². The van der Waals surface area contributed by atoms with Crippen molar-refractivity contribution >= 4 is 5.78 Å². The van der Waals surface area contributed by atoms with Crippen molar-refractivity contribution < 1.29 is 4.79 Å². The van der Waals surface area contributed by atoms with Crippen LogP contribution >= 0.6 is 0 Å². The monoisotopic (exact) mass is 285 g/mol. The summed E-state index contributed by atoms with van der Waals surface area (Å²) in [5.74, 6) is 0.216. The van der Waals surface area contributed by atoms with Gasteiger partial charge < -0.3 is 11.1 Å². The molecule has 0 aliphatic heterocycles. The largest absolute Gasteiger partial charge is 0.313 e. The van der Waals surface area contributed by atoms with Gasteiger partial charge in [-0.15, -0.1) is 0 Å². The van der Waals surface area contributed by atoms with Gasteiger partial charge in [0.15, 0.2) is 5.78 Å². The lowest BCUT2D eigenvalue weighted by atomic mass is 9.83. The molecule has 4 N–H and O–H groups in total. The zero-order valence-electron chi connectivity index (χ0n) is 14.5. The highest BCUT2D eigenvalue weighted by atomic mass is 16.1. The summed E-state index contributed by atoms with van der Waals surface area (Å²) in [5, 5.41) is 6.79. The van der Waals surface area contributed by atoms with Crippen LogP contribution in [0.1, 0.15) is 74.1 Å². The molecule has 0 aliphatic rings. The summed E-state index contributed by atoms with van der Waals surface area (Å²) < 4.78 is 0. The quantitative estimate of drug-likeness (QED) is 0.540. The Hall–Kier alpha value is -0.450. The summed E-state index contributed by atoms with van der Waals surface area (Å²) >= 11 is 0. The topological polar surface area (TPSA) is 67.1 Å². The van der Waals surface area contributed by atoms with E-state index in [1.165, 1.54) is 0 Å². The van der Waals surface area contributed by atoms with Crippen LogP contribution in [0.25, 0.3) is 0 Å². The molecule has 1 unspecified atom stereocenters. The van der Waals surface area contributed by atoms with Crippen LogP contribution in [0.15, 0.2) is 0 Å². The van der Waals surface area contributed by atoms with E-state index >= 15 is 0 Å². The molecule has 4 heteroatoms. The van der Waals surface area contributed by atoms with E-state index in [1.807, 2.05) is 20.8 Å². The van der Waals surface area contributed by atoms with Gasteiger partial charge in [0, 0.05) is 6.04 Å². The first-order valence-corrected chi connectivity index (χ1v) is 8.08. The lowest BCUT2D eigenvalue weighted by Crippen LogP contribution is -2.64. The van der Waals surface area contributed by atoms with E-state index in [1.54, 1.807) is 0 Å². The normalized spacial score (nSPS) is 14.7. The molecule has 0 amide bonds. The van der Waals surface area contributed by atoms with Gasteiger partial charge in [0.2, 0.25) is 0 Å². The van der Waals surface area contributed by atoms with Gasteiger partial charge in [-0.25, -0.2) is 0 Å². The predicted octanol–water partition coefficient (Wildman–Crippen LogP) is 2.57. The first kappa shape index (κ1) is 19.6. The number of Topliss-reactive ketones (excluding diaryl/α,β-unsaturated/α-hetero) is 1. The number of hydrogen-bond donors (Lipinski definition) is 3. The van der Waals surface area contributed by atoms with Gasteiger partial charge in [0.05, 0.1) is 17.2 Å². The summed E-state index contributed by atoms with van der Waals surface area (Å²) in [6, 6.07) is 0.0390. The second-order valence-electron chi connectivity index (χ2n) is 6.18. The van der Waals surface area contributed by atoms with Crippen molar-refractivity contribution in [3.8, 4) is 0 Å². The van der Waals surface area contributed by atoms with E-state index < -0.39 is 11.2 Å². The third kappa shape index (κ3) is 4.83. The molecule has 0 heterocycles. The van der Waals surface area contributed by atoms with Gasteiger partial charge in [-0.3, -0.25) is 10.1 Å². The maximum absolute atomic E-state index is 12.9. The zero-order chi connectivity index (χ0) is 16.0. The zero-order valence-corrected chi connectivity index (χ0v) is 14.5. The molecular weight excluding hydrogens is 250 g/mol. The van der Waals surface area contributed by atoms with Crippen molar-refractivity contribution in [2.75, 3.05) is 0 Å². The Kier molecular flexibility index (Phi) is 7.92. The van der Waals surface area contributed by atoms with Crippen LogP contribution in [0.4, 0.5) is 0 Å². The van der Waals surface area contributed by atoms with Crippen LogP contribution in [-0.4, -0.2) is 29.1 Å². The number of nitrogens with one attached hydrogen (secondary N) is 2. The van der Waals surface area contributed by atoms with E-state index in [0.29, 0.717) is 0 Å². The third-order valence-electron chi connectivity index (χ3n) is 4.40. The summed E-state index contributed by atoms with van der Waals surface area (Å²) in [6.45, 7) is 14.3. The first-order chi connectivity index (χ1) is 9.20. The van der Waals surface area contributed by atoms with Crippen molar-refractivity contribution in [3.63, 3.8) is 0 Å². The molecule has 4 nitrogen and oxygen atoms in total. The van der Waals surface area contributed by atoms with E-state index in [0.717, 1.165) is 25.7 Å². The number of ketones is 1. The highest BCUT2D eigenvalue weighted by molar-refractivity contribution is 5.92. The molecule has 0 saturated heterocycles. The van der Waals surface area contributed by atoms with Crippen molar-refractivity contribution in [2.24, 2.45) is 5.73 Å². The highest BCUT2D eigenvalue weighted by Crippen LogP contribution is 2.21. The first-order valence-electron chi connectivity index (χ1n) is 8.08. The molecule has 1 atom stereocenters. The number of carbonyl (C=O) groups excluding carboxylic acids is 1. The standard InChI is InChI=1S/C16H35N3O/c1-8-15(9-2,18-12(5)6)14(20)13(7)19-16(17,10-3)11-4/h12-13,18-19H,8-11,17H2,1-7H3. The van der Waals surface area contributed by atoms with E-state index in [4.69, 9.17) is 5.73 Å². The second-order valence-corrected chi connectivity index (χ2v) is 6.18. The Balaban J connectivity index is 5.07. The van der Waals surface area contributed by atoms with Crippen molar-refractivity contribution in [1.29, 1.82) is 0 Å². The lowest BCUT2D eigenvalue weighted by Gasteiger charge is -2.39. The molecular formula is C16H35N3O. The molecule has 0 aromatic heterocycles. The summed E-state index contributed by atoms with van der Waals surface area (Å²) in [6.07, 6.45) is 3.21.